The van der Waals surface area contributed by atoms with Gasteiger partial charge in [-0.3, -0.25) is 4.79 Å². The van der Waals surface area contributed by atoms with Gasteiger partial charge in [0.15, 0.2) is 0 Å². The first-order valence-electron chi connectivity index (χ1n) is 9.35. The van der Waals surface area contributed by atoms with E-state index < -0.39 is 17.5 Å². The van der Waals surface area contributed by atoms with Crippen LogP contribution in [0.1, 0.15) is 51.5 Å². The minimum atomic E-state index is -1.21. The molecule has 0 unspecified atom stereocenters. The molecule has 26 heavy (non-hydrogen) atoms. The van der Waals surface area contributed by atoms with Crippen LogP contribution in [0, 0.1) is 0 Å². The second kappa shape index (κ2) is 12.3. The van der Waals surface area contributed by atoms with E-state index in [0.717, 1.165) is 31.2 Å². The van der Waals surface area contributed by atoms with Crippen molar-refractivity contribution >= 4 is 11.9 Å². The van der Waals surface area contributed by atoms with Gasteiger partial charge in [-0.15, -0.1) is 0 Å². The van der Waals surface area contributed by atoms with E-state index in [4.69, 9.17) is 15.2 Å². The molecule has 0 aromatic heterocycles. The smallest absolute Gasteiger partial charge is 0.330 e. The molecule has 0 saturated carbocycles. The Bertz CT molecular complexity index is 571. The molecule has 1 rings (SSSR count). The third kappa shape index (κ3) is 8.30. The molecule has 5 nitrogen and oxygen atoms in total. The van der Waals surface area contributed by atoms with Crippen molar-refractivity contribution < 1.29 is 19.1 Å². The Hall–Kier alpha value is -2.14. The summed E-state index contributed by atoms with van der Waals surface area (Å²) >= 11 is 0. The van der Waals surface area contributed by atoms with Crippen LogP contribution < -0.4 is 5.73 Å². The van der Waals surface area contributed by atoms with Gasteiger partial charge in [0, 0.05) is 12.5 Å². The first-order chi connectivity index (χ1) is 12.5. The molecule has 0 saturated heterocycles. The zero-order chi connectivity index (χ0) is 19.3. The summed E-state index contributed by atoms with van der Waals surface area (Å²) in [4.78, 5) is 24.2. The molecule has 0 spiro atoms. The van der Waals surface area contributed by atoms with Crippen molar-refractivity contribution in [2.24, 2.45) is 5.73 Å². The van der Waals surface area contributed by atoms with Crippen molar-refractivity contribution in [1.29, 1.82) is 0 Å². The molecule has 1 aromatic rings. The topological polar surface area (TPSA) is 78.6 Å². The molecule has 0 amide bonds. The van der Waals surface area contributed by atoms with Crippen LogP contribution in [0.15, 0.2) is 42.5 Å². The summed E-state index contributed by atoms with van der Waals surface area (Å²) < 4.78 is 10.4. The van der Waals surface area contributed by atoms with Gasteiger partial charge in [-0.1, -0.05) is 63.1 Å². The fourth-order valence-electron chi connectivity index (χ4n) is 2.37. The van der Waals surface area contributed by atoms with Gasteiger partial charge in [-0.2, -0.15) is 0 Å². The molecule has 0 bridgehead atoms. The summed E-state index contributed by atoms with van der Waals surface area (Å²) in [5.41, 5.74) is 6.12. The zero-order valence-electron chi connectivity index (χ0n) is 15.9. The van der Waals surface area contributed by atoms with E-state index in [1.807, 2.05) is 44.2 Å². The SMILES string of the molecule is CCCCOC(=O)/C=C/C[C@](N)(Cc1ccccc1)C(=O)OCCCC. The molecule has 5 heteroatoms. The highest BCUT2D eigenvalue weighted by Gasteiger charge is 2.34. The molecule has 0 aliphatic rings. The number of esters is 2. The Morgan fingerprint density at radius 2 is 1.65 bits per heavy atom. The lowest BCUT2D eigenvalue weighted by Gasteiger charge is -2.26. The van der Waals surface area contributed by atoms with Crippen LogP contribution in [-0.4, -0.2) is 30.7 Å². The van der Waals surface area contributed by atoms with Gasteiger partial charge < -0.3 is 15.2 Å². The van der Waals surface area contributed by atoms with E-state index in [0.29, 0.717) is 19.6 Å². The minimum Gasteiger partial charge on any atom is -0.464 e. The van der Waals surface area contributed by atoms with Gasteiger partial charge in [0.1, 0.15) is 5.54 Å². The number of hydrogen-bond donors (Lipinski definition) is 1. The third-order valence-corrected chi connectivity index (χ3v) is 3.98. The third-order valence-electron chi connectivity index (χ3n) is 3.98. The highest BCUT2D eigenvalue weighted by atomic mass is 16.5. The summed E-state index contributed by atoms with van der Waals surface area (Å²) in [5, 5.41) is 0. The zero-order valence-corrected chi connectivity index (χ0v) is 15.9. The maximum absolute atomic E-state index is 12.5. The number of benzene rings is 1. The fraction of sp³-hybridized carbons (Fsp3) is 0.524. The molecule has 1 aromatic carbocycles. The largest absolute Gasteiger partial charge is 0.464 e. The first-order valence-corrected chi connectivity index (χ1v) is 9.35. The average molecular weight is 361 g/mol. The summed E-state index contributed by atoms with van der Waals surface area (Å²) in [7, 11) is 0. The van der Waals surface area contributed by atoms with Crippen LogP contribution in [0.2, 0.25) is 0 Å². The van der Waals surface area contributed by atoms with Gasteiger partial charge in [0.2, 0.25) is 0 Å². The van der Waals surface area contributed by atoms with Crippen molar-refractivity contribution in [1.82, 2.24) is 0 Å². The minimum absolute atomic E-state index is 0.204. The molecule has 0 heterocycles. The molecular weight excluding hydrogens is 330 g/mol. The van der Waals surface area contributed by atoms with Gasteiger partial charge in [0.05, 0.1) is 13.2 Å². The summed E-state index contributed by atoms with van der Waals surface area (Å²) in [6, 6.07) is 9.55. The van der Waals surface area contributed by atoms with Gasteiger partial charge in [-0.05, 0) is 24.8 Å². The highest BCUT2D eigenvalue weighted by molar-refractivity contribution is 5.83. The fourth-order valence-corrected chi connectivity index (χ4v) is 2.37. The lowest BCUT2D eigenvalue weighted by atomic mass is 9.88. The second-order valence-electron chi connectivity index (χ2n) is 6.44. The van der Waals surface area contributed by atoms with E-state index >= 15 is 0 Å². The summed E-state index contributed by atoms with van der Waals surface area (Å²) in [5.74, 6) is -0.862. The van der Waals surface area contributed by atoms with E-state index in [-0.39, 0.29) is 6.42 Å². The number of nitrogens with two attached hydrogens (primary N) is 1. The predicted molar refractivity (Wildman–Crippen MR) is 103 cm³/mol. The van der Waals surface area contributed by atoms with Crippen molar-refractivity contribution in [3.8, 4) is 0 Å². The predicted octanol–water partition coefficient (Wildman–Crippen LogP) is 3.56. The van der Waals surface area contributed by atoms with Gasteiger partial charge in [0.25, 0.3) is 0 Å². The molecule has 2 N–H and O–H groups in total. The van der Waals surface area contributed by atoms with Crippen LogP contribution in [0.5, 0.6) is 0 Å². The van der Waals surface area contributed by atoms with Crippen LogP contribution in [0.3, 0.4) is 0 Å². The monoisotopic (exact) mass is 361 g/mol. The number of rotatable bonds is 12. The maximum atomic E-state index is 12.5. The van der Waals surface area contributed by atoms with E-state index in [1.54, 1.807) is 6.08 Å². The summed E-state index contributed by atoms with van der Waals surface area (Å²) in [6.45, 7) is 4.81. The molecule has 0 radical (unpaired) electrons. The maximum Gasteiger partial charge on any atom is 0.330 e. The average Bonchev–Trinajstić information content (AvgIpc) is 2.63. The van der Waals surface area contributed by atoms with Crippen LogP contribution in [0.25, 0.3) is 0 Å². The van der Waals surface area contributed by atoms with Crippen molar-refractivity contribution in [3.05, 3.63) is 48.0 Å². The van der Waals surface area contributed by atoms with E-state index in [1.165, 1.54) is 6.08 Å². The normalized spacial score (nSPS) is 13.3. The molecule has 0 fully saturated rings. The number of unbranched alkanes of at least 4 members (excludes halogenated alkanes) is 2. The second-order valence-corrected chi connectivity index (χ2v) is 6.44. The van der Waals surface area contributed by atoms with Crippen molar-refractivity contribution in [3.63, 3.8) is 0 Å². The Morgan fingerprint density at radius 3 is 2.27 bits per heavy atom. The molecule has 0 aliphatic heterocycles. The van der Waals surface area contributed by atoms with Gasteiger partial charge >= 0.3 is 11.9 Å². The first kappa shape index (κ1) is 21.9. The number of ether oxygens (including phenoxy) is 2. The number of hydrogen-bond acceptors (Lipinski definition) is 5. The van der Waals surface area contributed by atoms with Crippen LogP contribution in [-0.2, 0) is 25.5 Å². The quantitative estimate of drug-likeness (QED) is 0.350. The van der Waals surface area contributed by atoms with Crippen molar-refractivity contribution in [2.75, 3.05) is 13.2 Å². The van der Waals surface area contributed by atoms with Crippen molar-refractivity contribution in [2.45, 2.75) is 57.9 Å². The number of carbonyl (C=O) groups is 2. The Labute approximate surface area is 156 Å². The van der Waals surface area contributed by atoms with E-state index in [9.17, 15) is 9.59 Å². The van der Waals surface area contributed by atoms with Gasteiger partial charge in [-0.25, -0.2) is 4.79 Å². The highest BCUT2D eigenvalue weighted by Crippen LogP contribution is 2.18. The lowest BCUT2D eigenvalue weighted by Crippen LogP contribution is -2.50. The van der Waals surface area contributed by atoms with Crippen LogP contribution >= 0.6 is 0 Å². The Kier molecular flexibility index (Phi) is 10.3. The molecule has 0 aliphatic carbocycles. The van der Waals surface area contributed by atoms with E-state index in [2.05, 4.69) is 0 Å². The molecule has 144 valence electrons. The standard InChI is InChI=1S/C21H31NO4/c1-3-5-15-25-19(23)13-10-14-21(22,20(24)26-16-6-4-2)17-18-11-8-7-9-12-18/h7-13H,3-6,14-17,22H2,1-2H3/b13-10+/t21-/m0/s1. The summed E-state index contributed by atoms with van der Waals surface area (Å²) in [6.07, 6.45) is 7.01. The lowest BCUT2D eigenvalue weighted by molar-refractivity contribution is -0.150. The Balaban J connectivity index is 2.73. The number of carbonyl (C=O) groups excluding carboxylic acids is 2. The molecule has 1 atom stereocenters. The van der Waals surface area contributed by atoms with Crippen LogP contribution in [0.4, 0.5) is 0 Å². The Morgan fingerprint density at radius 1 is 1.04 bits per heavy atom. The molecular formula is C21H31NO4.